The van der Waals surface area contributed by atoms with Crippen molar-refractivity contribution in [1.82, 2.24) is 19.4 Å². The lowest BCUT2D eigenvalue weighted by Gasteiger charge is -2.35. The average molecular weight is 619 g/mol. The third-order valence-corrected chi connectivity index (χ3v) is 8.49. The largest absolute Gasteiger partial charge is 0.573 e. The molecule has 3 aromatic carbocycles. The van der Waals surface area contributed by atoms with Crippen molar-refractivity contribution in [3.8, 4) is 16.9 Å². The number of fused-ring (bicyclic) bond motifs is 1. The van der Waals surface area contributed by atoms with Gasteiger partial charge in [0.05, 0.1) is 0 Å². The number of nitrogens with zero attached hydrogens (tertiary/aromatic N) is 4. The van der Waals surface area contributed by atoms with Gasteiger partial charge in [0, 0.05) is 85.4 Å². The Morgan fingerprint density at radius 2 is 1.55 bits per heavy atom. The van der Waals surface area contributed by atoms with Gasteiger partial charge in [-0.25, -0.2) is 0 Å². The maximum atomic E-state index is 12.7. The highest BCUT2D eigenvalue weighted by atomic mass is 35.5. The van der Waals surface area contributed by atoms with Crippen molar-refractivity contribution in [2.45, 2.75) is 38.8 Å². The van der Waals surface area contributed by atoms with E-state index in [1.54, 1.807) is 12.1 Å². The number of alkyl halides is 3. The molecule has 1 aliphatic rings. The van der Waals surface area contributed by atoms with Gasteiger partial charge in [0.15, 0.2) is 0 Å². The average Bonchev–Trinajstić information content (AvgIpc) is 3.37. The number of halogens is 4. The first kappa shape index (κ1) is 30.2. The summed E-state index contributed by atoms with van der Waals surface area (Å²) < 4.78 is 44.6. The summed E-state index contributed by atoms with van der Waals surface area (Å²) in [6, 6.07) is 26.7. The van der Waals surface area contributed by atoms with Crippen LogP contribution < -0.4 is 4.74 Å². The van der Waals surface area contributed by atoms with Crippen LogP contribution in [0.1, 0.15) is 23.2 Å². The Morgan fingerprint density at radius 1 is 0.818 bits per heavy atom. The Morgan fingerprint density at radius 3 is 2.25 bits per heavy atom. The molecule has 0 amide bonds. The lowest BCUT2D eigenvalue weighted by Crippen LogP contribution is -2.45. The first-order chi connectivity index (χ1) is 21.3. The standard InChI is InChI=1S/C35H34ClF3N4O/c36-33-9-2-1-6-28(33)24-42-20-18-41(19-21-42)23-26-10-15-34-31(22-26)32(27-11-13-30(14-12-27)44-35(37,38)39)25-43(34)17-5-8-29-7-3-4-16-40-29/h1-4,6-7,9-16,22,25H,5,8,17-21,23-24H2. The van der Waals surface area contributed by atoms with E-state index in [-0.39, 0.29) is 5.75 Å². The van der Waals surface area contributed by atoms with Gasteiger partial charge in [-0.15, -0.1) is 13.2 Å². The fraction of sp³-hybridized carbons (Fsp3) is 0.286. The van der Waals surface area contributed by atoms with Gasteiger partial charge in [-0.1, -0.05) is 54.1 Å². The number of hydrogen-bond acceptors (Lipinski definition) is 4. The zero-order valence-electron chi connectivity index (χ0n) is 24.3. The van der Waals surface area contributed by atoms with E-state index >= 15 is 0 Å². The molecule has 3 heterocycles. The molecule has 6 rings (SSSR count). The summed E-state index contributed by atoms with van der Waals surface area (Å²) in [7, 11) is 0. The van der Waals surface area contributed by atoms with Gasteiger partial charge in [0.25, 0.3) is 0 Å². The second kappa shape index (κ2) is 13.4. The number of rotatable bonds is 10. The lowest BCUT2D eigenvalue weighted by atomic mass is 10.0. The van der Waals surface area contributed by atoms with Crippen LogP contribution >= 0.6 is 11.6 Å². The zero-order chi connectivity index (χ0) is 30.5. The molecule has 0 atom stereocenters. The number of benzene rings is 3. The topological polar surface area (TPSA) is 33.5 Å². The molecule has 0 spiro atoms. The maximum absolute atomic E-state index is 12.7. The molecule has 0 radical (unpaired) electrons. The highest BCUT2D eigenvalue weighted by Gasteiger charge is 2.31. The second-order valence-electron chi connectivity index (χ2n) is 11.2. The van der Waals surface area contributed by atoms with Gasteiger partial charge in [0.2, 0.25) is 0 Å². The van der Waals surface area contributed by atoms with E-state index in [9.17, 15) is 13.2 Å². The summed E-state index contributed by atoms with van der Waals surface area (Å²) in [6.45, 7) is 6.35. The van der Waals surface area contributed by atoms with E-state index in [0.717, 1.165) is 97.0 Å². The van der Waals surface area contributed by atoms with Crippen LogP contribution in [0, 0.1) is 0 Å². The zero-order valence-corrected chi connectivity index (χ0v) is 25.1. The van der Waals surface area contributed by atoms with Gasteiger partial charge in [-0.2, -0.15) is 0 Å². The minimum atomic E-state index is -4.72. The smallest absolute Gasteiger partial charge is 0.406 e. The molecule has 0 unspecified atom stereocenters. The van der Waals surface area contributed by atoms with E-state index in [4.69, 9.17) is 11.6 Å². The number of aromatic nitrogens is 2. The molecular formula is C35H34ClF3N4O. The van der Waals surface area contributed by atoms with Crippen molar-refractivity contribution >= 4 is 22.5 Å². The van der Waals surface area contributed by atoms with Crippen LogP contribution in [0.15, 0.2) is 97.3 Å². The predicted octanol–water partition coefficient (Wildman–Crippen LogP) is 8.21. The highest BCUT2D eigenvalue weighted by molar-refractivity contribution is 6.31. The summed E-state index contributed by atoms with van der Waals surface area (Å²) in [5.74, 6) is -0.227. The molecular weight excluding hydrogens is 585 g/mol. The molecule has 0 aliphatic carbocycles. The molecule has 0 bridgehead atoms. The molecule has 1 fully saturated rings. The minimum Gasteiger partial charge on any atom is -0.406 e. The fourth-order valence-corrected chi connectivity index (χ4v) is 6.10. The Bertz CT molecular complexity index is 1680. The molecule has 0 saturated carbocycles. The summed E-state index contributed by atoms with van der Waals surface area (Å²) in [6.07, 6.45) is 0.976. The number of ether oxygens (including phenoxy) is 1. The van der Waals surface area contributed by atoms with Crippen molar-refractivity contribution in [2.24, 2.45) is 0 Å². The number of hydrogen-bond donors (Lipinski definition) is 0. The molecule has 9 heteroatoms. The van der Waals surface area contributed by atoms with Crippen molar-refractivity contribution in [3.63, 3.8) is 0 Å². The molecule has 228 valence electrons. The Labute approximate surface area is 260 Å². The number of aryl methyl sites for hydroxylation is 2. The lowest BCUT2D eigenvalue weighted by molar-refractivity contribution is -0.274. The first-order valence-corrected chi connectivity index (χ1v) is 15.2. The molecule has 44 heavy (non-hydrogen) atoms. The quantitative estimate of drug-likeness (QED) is 0.158. The molecule has 5 nitrogen and oxygen atoms in total. The summed E-state index contributed by atoms with van der Waals surface area (Å²) in [5, 5.41) is 1.90. The van der Waals surface area contributed by atoms with Crippen LogP contribution in [-0.4, -0.2) is 51.9 Å². The van der Waals surface area contributed by atoms with E-state index in [0.29, 0.717) is 0 Å². The van der Waals surface area contributed by atoms with Crippen molar-refractivity contribution in [3.05, 3.63) is 119 Å². The van der Waals surface area contributed by atoms with Gasteiger partial charge in [-0.05, 0) is 72.0 Å². The molecule has 5 aromatic rings. The van der Waals surface area contributed by atoms with E-state index in [1.807, 2.05) is 42.6 Å². The summed E-state index contributed by atoms with van der Waals surface area (Å²) >= 11 is 6.38. The Balaban J connectivity index is 1.19. The van der Waals surface area contributed by atoms with Gasteiger partial charge < -0.3 is 9.30 Å². The van der Waals surface area contributed by atoms with E-state index < -0.39 is 6.36 Å². The van der Waals surface area contributed by atoms with E-state index in [2.05, 4.69) is 54.6 Å². The molecule has 1 saturated heterocycles. The minimum absolute atomic E-state index is 0.227. The number of piperazine rings is 1. The third-order valence-electron chi connectivity index (χ3n) is 8.13. The van der Waals surface area contributed by atoms with Crippen molar-refractivity contribution < 1.29 is 17.9 Å². The first-order valence-electron chi connectivity index (χ1n) is 14.9. The van der Waals surface area contributed by atoms with E-state index in [1.165, 1.54) is 17.7 Å². The van der Waals surface area contributed by atoms with Gasteiger partial charge in [-0.3, -0.25) is 14.8 Å². The van der Waals surface area contributed by atoms with Gasteiger partial charge in [0.1, 0.15) is 5.75 Å². The number of pyridine rings is 1. The van der Waals surface area contributed by atoms with Gasteiger partial charge >= 0.3 is 6.36 Å². The Hall–Kier alpha value is -3.85. The molecule has 1 aliphatic heterocycles. The maximum Gasteiger partial charge on any atom is 0.573 e. The monoisotopic (exact) mass is 618 g/mol. The van der Waals surface area contributed by atoms with Crippen LogP contribution in [-0.2, 0) is 26.1 Å². The fourth-order valence-electron chi connectivity index (χ4n) is 5.90. The van der Waals surface area contributed by atoms with Crippen LogP contribution in [0.25, 0.3) is 22.0 Å². The van der Waals surface area contributed by atoms with Crippen LogP contribution in [0.3, 0.4) is 0 Å². The van der Waals surface area contributed by atoms with Crippen LogP contribution in [0.4, 0.5) is 13.2 Å². The summed E-state index contributed by atoms with van der Waals surface area (Å²) in [5.41, 5.74) is 6.36. The van der Waals surface area contributed by atoms with Crippen molar-refractivity contribution in [2.75, 3.05) is 26.2 Å². The third kappa shape index (κ3) is 7.62. The van der Waals surface area contributed by atoms with Crippen LogP contribution in [0.5, 0.6) is 5.75 Å². The summed E-state index contributed by atoms with van der Waals surface area (Å²) in [4.78, 5) is 9.35. The van der Waals surface area contributed by atoms with Crippen LogP contribution in [0.2, 0.25) is 5.02 Å². The molecule has 2 aromatic heterocycles. The molecule has 0 N–H and O–H groups in total. The predicted molar refractivity (Wildman–Crippen MR) is 169 cm³/mol. The highest BCUT2D eigenvalue weighted by Crippen LogP contribution is 2.34. The second-order valence-corrected chi connectivity index (χ2v) is 11.6. The Kier molecular flexibility index (Phi) is 9.21. The SMILES string of the molecule is FC(F)(F)Oc1ccc(-c2cn(CCCc3ccccn3)c3ccc(CN4CCN(Cc5ccccc5Cl)CC4)cc23)cc1. The normalized spacial score (nSPS) is 14.7. The van der Waals surface area contributed by atoms with Crippen molar-refractivity contribution in [1.29, 1.82) is 0 Å².